The minimum absolute atomic E-state index is 0.189. The van der Waals surface area contributed by atoms with Crippen LogP contribution >= 0.6 is 0 Å². The molecule has 0 heterocycles. The summed E-state index contributed by atoms with van der Waals surface area (Å²) in [6.07, 6.45) is 7.56. The van der Waals surface area contributed by atoms with Crippen LogP contribution < -0.4 is 0 Å². The molecule has 6 heteroatoms. The molecular formula is C16H36Al2O4. The van der Waals surface area contributed by atoms with Crippen LogP contribution in [-0.2, 0) is 15.2 Å². The molecule has 0 saturated carbocycles. The topological polar surface area (TPSA) is 36.9 Å². The van der Waals surface area contributed by atoms with Gasteiger partial charge in [0, 0.05) is 25.4 Å². The smallest absolute Gasteiger partial charge is 0.484 e. The molecule has 130 valence electrons. The quantitative estimate of drug-likeness (QED) is 0.347. The van der Waals surface area contributed by atoms with E-state index in [9.17, 15) is 0 Å². The van der Waals surface area contributed by atoms with Gasteiger partial charge in [-0.25, -0.2) is 0 Å². The third-order valence-corrected chi connectivity index (χ3v) is 4.99. The van der Waals surface area contributed by atoms with Gasteiger partial charge in [0.2, 0.25) is 0 Å². The normalized spacial score (nSPS) is 13.0. The van der Waals surface area contributed by atoms with E-state index in [0.717, 1.165) is 38.9 Å². The fraction of sp³-hybridized carbons (Fsp3) is 1.00. The predicted octanol–water partition coefficient (Wildman–Crippen LogP) is 4.30. The van der Waals surface area contributed by atoms with E-state index in [4.69, 9.17) is 15.2 Å². The van der Waals surface area contributed by atoms with Crippen molar-refractivity contribution >= 4 is 31.8 Å². The predicted molar refractivity (Wildman–Crippen MR) is 94.9 cm³/mol. The summed E-state index contributed by atoms with van der Waals surface area (Å²) >= 11 is -0.438. The van der Waals surface area contributed by atoms with Gasteiger partial charge in [0.05, 0.1) is 0 Å². The lowest BCUT2D eigenvalue weighted by molar-refractivity contribution is 0.131. The lowest BCUT2D eigenvalue weighted by atomic mass is 10.3. The highest BCUT2D eigenvalue weighted by atomic mass is 27.2. The maximum atomic E-state index is 5.42. The van der Waals surface area contributed by atoms with Gasteiger partial charge in [0.15, 0.2) is 0 Å². The molecule has 0 aromatic heterocycles. The van der Waals surface area contributed by atoms with E-state index >= 15 is 0 Å². The first-order valence-electron chi connectivity index (χ1n) is 8.79. The van der Waals surface area contributed by atoms with Gasteiger partial charge in [-0.2, -0.15) is 0 Å². The van der Waals surface area contributed by atoms with Crippen molar-refractivity contribution in [3.05, 3.63) is 0 Å². The summed E-state index contributed by atoms with van der Waals surface area (Å²) < 4.78 is 21.4. The molecule has 0 amide bonds. The van der Waals surface area contributed by atoms with Gasteiger partial charge in [0.1, 0.15) is 0 Å². The summed E-state index contributed by atoms with van der Waals surface area (Å²) in [5.41, 5.74) is 0. The summed E-state index contributed by atoms with van der Waals surface area (Å²) in [4.78, 5) is 0. The molecule has 0 aromatic carbocycles. The summed E-state index contributed by atoms with van der Waals surface area (Å²) in [7, 11) is 0. The van der Waals surface area contributed by atoms with Gasteiger partial charge in [-0.15, -0.1) is 0 Å². The molecule has 2 unspecified atom stereocenters. The molecule has 0 spiro atoms. The van der Waals surface area contributed by atoms with Crippen LogP contribution in [0.5, 0.6) is 0 Å². The largest absolute Gasteiger partial charge is 0.668 e. The first-order valence-corrected chi connectivity index (χ1v) is 10.7. The van der Waals surface area contributed by atoms with E-state index < -0.39 is 0 Å². The molecule has 0 N–H and O–H groups in total. The first-order chi connectivity index (χ1) is 10.6. The highest BCUT2D eigenvalue weighted by molar-refractivity contribution is 6.18. The third-order valence-electron chi connectivity index (χ3n) is 3.09. The van der Waals surface area contributed by atoms with Crippen molar-refractivity contribution in [3.8, 4) is 0 Å². The van der Waals surface area contributed by atoms with E-state index in [1.807, 2.05) is 0 Å². The Morgan fingerprint density at radius 1 is 0.682 bits per heavy atom. The fourth-order valence-corrected chi connectivity index (χ4v) is 2.46. The van der Waals surface area contributed by atoms with Crippen molar-refractivity contribution in [2.24, 2.45) is 0 Å². The Labute approximate surface area is 152 Å². The summed E-state index contributed by atoms with van der Waals surface area (Å²) in [5, 5.41) is 0. The standard InChI is InChI=1S/4C4H9O.2Al/c2*1-3-4(2)5;2*1-2-3-4-5;;/h2*4H,3H2,1-2H3;2*2-4H2,1H3;;/q4*-1;2*+2. The molecule has 0 aromatic rings. The molecule has 0 aliphatic rings. The lowest BCUT2D eigenvalue weighted by Gasteiger charge is -2.13. The lowest BCUT2D eigenvalue weighted by Crippen LogP contribution is -2.17. The van der Waals surface area contributed by atoms with E-state index in [0.29, 0.717) is 12.2 Å². The minimum atomic E-state index is -0.250. The van der Waals surface area contributed by atoms with Crippen molar-refractivity contribution in [3.63, 3.8) is 0 Å². The van der Waals surface area contributed by atoms with E-state index in [2.05, 4.69) is 41.5 Å². The van der Waals surface area contributed by atoms with Crippen LogP contribution in [0.3, 0.4) is 0 Å². The Balaban J connectivity index is 0. The second kappa shape index (κ2) is 21.9. The zero-order chi connectivity index (χ0) is 17.1. The Kier molecular flexibility index (Phi) is 25.0. The SMILES string of the molecule is CCC(C)[O][Al][O]C(C)CC.CCCC[O][Al][O]CCCC. The van der Waals surface area contributed by atoms with Crippen molar-refractivity contribution in [2.45, 2.75) is 92.3 Å². The van der Waals surface area contributed by atoms with Crippen LogP contribution in [-0.4, -0.2) is 57.2 Å². The number of hydrogen-bond donors (Lipinski definition) is 0. The molecule has 2 atom stereocenters. The molecule has 0 saturated heterocycles. The van der Waals surface area contributed by atoms with E-state index in [-0.39, 0.29) is 31.8 Å². The summed E-state index contributed by atoms with van der Waals surface area (Å²) in [5.74, 6) is 0. The van der Waals surface area contributed by atoms with Crippen LogP contribution in [0, 0.1) is 0 Å². The minimum Gasteiger partial charge on any atom is -0.484 e. The van der Waals surface area contributed by atoms with Crippen molar-refractivity contribution in [1.29, 1.82) is 0 Å². The van der Waals surface area contributed by atoms with Gasteiger partial charge >= 0.3 is 31.8 Å². The maximum absolute atomic E-state index is 5.42. The maximum Gasteiger partial charge on any atom is 0.668 e. The zero-order valence-electron chi connectivity index (χ0n) is 15.6. The van der Waals surface area contributed by atoms with Gasteiger partial charge in [-0.05, 0) is 39.5 Å². The Morgan fingerprint density at radius 3 is 1.41 bits per heavy atom. The molecule has 0 rings (SSSR count). The second-order valence-electron chi connectivity index (χ2n) is 5.35. The van der Waals surface area contributed by atoms with E-state index in [1.165, 1.54) is 12.8 Å². The van der Waals surface area contributed by atoms with Gasteiger partial charge in [0.25, 0.3) is 0 Å². The molecule has 2 radical (unpaired) electrons. The van der Waals surface area contributed by atoms with E-state index in [1.54, 1.807) is 0 Å². The highest BCUT2D eigenvalue weighted by Gasteiger charge is 2.06. The molecular weight excluding hydrogens is 310 g/mol. The number of unbranched alkanes of at least 4 members (excludes halogenated alkanes) is 2. The summed E-state index contributed by atoms with van der Waals surface area (Å²) in [6, 6.07) is 0. The van der Waals surface area contributed by atoms with Crippen LogP contribution in [0.4, 0.5) is 0 Å². The number of hydrogen-bond acceptors (Lipinski definition) is 4. The Morgan fingerprint density at radius 2 is 1.09 bits per heavy atom. The Hall–Kier alpha value is 0.905. The average Bonchev–Trinajstić information content (AvgIpc) is 2.54. The highest BCUT2D eigenvalue weighted by Crippen LogP contribution is 1.98. The van der Waals surface area contributed by atoms with Crippen molar-refractivity contribution in [1.82, 2.24) is 0 Å². The molecule has 0 fully saturated rings. The van der Waals surface area contributed by atoms with Gasteiger partial charge in [-0.3, -0.25) is 0 Å². The van der Waals surface area contributed by atoms with Crippen molar-refractivity contribution < 1.29 is 15.2 Å². The average molecular weight is 346 g/mol. The zero-order valence-corrected chi connectivity index (χ0v) is 17.9. The molecule has 0 aliphatic carbocycles. The molecule has 22 heavy (non-hydrogen) atoms. The molecule has 0 aliphatic heterocycles. The van der Waals surface area contributed by atoms with Gasteiger partial charge < -0.3 is 15.2 Å². The third kappa shape index (κ3) is 23.2. The van der Waals surface area contributed by atoms with Crippen LogP contribution in [0.25, 0.3) is 0 Å². The van der Waals surface area contributed by atoms with Crippen LogP contribution in [0.15, 0.2) is 0 Å². The summed E-state index contributed by atoms with van der Waals surface area (Å²) in [6.45, 7) is 14.5. The van der Waals surface area contributed by atoms with Crippen LogP contribution in [0.1, 0.15) is 80.1 Å². The first kappa shape index (κ1) is 25.1. The molecule has 0 bridgehead atoms. The van der Waals surface area contributed by atoms with Gasteiger partial charge in [-0.1, -0.05) is 40.5 Å². The van der Waals surface area contributed by atoms with Crippen molar-refractivity contribution in [2.75, 3.05) is 13.2 Å². The number of rotatable bonds is 14. The molecule has 4 nitrogen and oxygen atoms in total. The van der Waals surface area contributed by atoms with Crippen LogP contribution in [0.2, 0.25) is 0 Å². The second-order valence-corrected chi connectivity index (χ2v) is 6.95. The Bertz CT molecular complexity index is 179. The monoisotopic (exact) mass is 346 g/mol. The fourth-order valence-electron chi connectivity index (χ4n) is 1.01.